The van der Waals surface area contributed by atoms with Crippen molar-refractivity contribution in [2.24, 2.45) is 0 Å². The predicted octanol–water partition coefficient (Wildman–Crippen LogP) is 2.48. The van der Waals surface area contributed by atoms with Gasteiger partial charge in [-0.15, -0.1) is 0 Å². The van der Waals surface area contributed by atoms with Gasteiger partial charge in [0.1, 0.15) is 11.5 Å². The van der Waals surface area contributed by atoms with Crippen LogP contribution in [0.3, 0.4) is 0 Å². The molecule has 0 aliphatic rings. The Hall–Kier alpha value is -1.86. The van der Waals surface area contributed by atoms with Crippen LogP contribution in [0.4, 0.5) is 0 Å². The van der Waals surface area contributed by atoms with E-state index in [-0.39, 0.29) is 0 Å². The van der Waals surface area contributed by atoms with E-state index < -0.39 is 7.80 Å². The lowest BCUT2D eigenvalue weighted by atomic mass is 10.3. The molecule has 0 aliphatic heterocycles. The van der Waals surface area contributed by atoms with Gasteiger partial charge >= 0.3 is 7.80 Å². The van der Waals surface area contributed by atoms with Crippen LogP contribution in [0.1, 0.15) is 0 Å². The molecular weight excluding hydrogens is 247 g/mol. The Bertz CT molecular complexity index is 482. The summed E-state index contributed by atoms with van der Waals surface area (Å²) in [6.45, 7) is 0. The largest absolute Gasteiger partial charge is 0.497 e. The molecule has 0 spiro atoms. The second-order valence-corrected chi connectivity index (χ2v) is 5.31. The van der Waals surface area contributed by atoms with Gasteiger partial charge in [0.15, 0.2) is 10.6 Å². The smallest absolute Gasteiger partial charge is 0.415 e. The molecule has 0 saturated carbocycles. The second-order valence-electron chi connectivity index (χ2n) is 3.69. The summed E-state index contributed by atoms with van der Waals surface area (Å²) in [7, 11) is 1.65. The van der Waals surface area contributed by atoms with Crippen LogP contribution < -0.4 is 20.1 Å². The topological polar surface area (TPSA) is 35.5 Å². The van der Waals surface area contributed by atoms with E-state index in [0.717, 1.165) is 22.1 Å². The minimum Gasteiger partial charge on any atom is -0.497 e. The van der Waals surface area contributed by atoms with Crippen molar-refractivity contribution >= 4 is 18.4 Å². The number of ether oxygens (including phenoxy) is 2. The molecule has 0 fully saturated rings. The van der Waals surface area contributed by atoms with E-state index in [4.69, 9.17) is 9.47 Å². The van der Waals surface area contributed by atoms with Gasteiger partial charge in [-0.25, -0.2) is 0 Å². The first-order valence-electron chi connectivity index (χ1n) is 5.50. The Balaban J connectivity index is 2.23. The van der Waals surface area contributed by atoms with Crippen molar-refractivity contribution in [2.45, 2.75) is 0 Å². The first kappa shape index (κ1) is 12.6. The molecule has 0 aromatic heterocycles. The molecule has 4 heteroatoms. The summed E-state index contributed by atoms with van der Waals surface area (Å²) in [6, 6.07) is 14.5. The molecule has 2 aromatic rings. The third-order valence-corrected chi connectivity index (χ3v) is 4.15. The zero-order valence-corrected chi connectivity index (χ0v) is 11.2. The van der Waals surface area contributed by atoms with Crippen molar-refractivity contribution in [2.75, 3.05) is 14.2 Å². The molecule has 0 bridgehead atoms. The van der Waals surface area contributed by atoms with Gasteiger partial charge in [0.2, 0.25) is 0 Å². The lowest BCUT2D eigenvalue weighted by Gasteiger charge is -1.98. The molecule has 0 radical (unpaired) electrons. The summed E-state index contributed by atoms with van der Waals surface area (Å²) >= 11 is 0. The number of benzene rings is 2. The minimum absolute atomic E-state index is 0.761. The van der Waals surface area contributed by atoms with Gasteiger partial charge in [0.05, 0.1) is 14.2 Å². The molecule has 3 nitrogen and oxygen atoms in total. The lowest BCUT2D eigenvalue weighted by Crippen LogP contribution is -2.06. The highest BCUT2D eigenvalue weighted by atomic mass is 31.1. The maximum Gasteiger partial charge on any atom is 0.415 e. The summed E-state index contributed by atoms with van der Waals surface area (Å²) in [5.74, 6) is 1.52. The van der Waals surface area contributed by atoms with Gasteiger partial charge in [0.25, 0.3) is 0 Å². The van der Waals surface area contributed by atoms with Crippen molar-refractivity contribution in [3.05, 3.63) is 48.5 Å². The summed E-state index contributed by atoms with van der Waals surface area (Å²) in [6.07, 6.45) is 0. The van der Waals surface area contributed by atoms with Crippen molar-refractivity contribution in [1.82, 2.24) is 0 Å². The summed E-state index contributed by atoms with van der Waals surface area (Å²) in [5.41, 5.74) is 0. The Labute approximate surface area is 107 Å². The highest BCUT2D eigenvalue weighted by molar-refractivity contribution is 7.61. The molecule has 92 valence electrons. The third kappa shape index (κ3) is 2.69. The zero-order chi connectivity index (χ0) is 13.0. The molecule has 0 amide bonds. The van der Waals surface area contributed by atoms with Gasteiger partial charge in [0, 0.05) is 0 Å². The SMILES string of the molecule is COc1ccc([P+](=O)c2ccc(OC)cc2)cc1. The average molecular weight is 261 g/mol. The van der Waals surface area contributed by atoms with E-state index in [1.807, 2.05) is 48.5 Å². The monoisotopic (exact) mass is 261 g/mol. The van der Waals surface area contributed by atoms with Crippen LogP contribution >= 0.6 is 7.80 Å². The molecule has 0 unspecified atom stereocenters. The second kappa shape index (κ2) is 5.65. The van der Waals surface area contributed by atoms with Crippen LogP contribution in [0.15, 0.2) is 48.5 Å². The maximum absolute atomic E-state index is 12.3. The van der Waals surface area contributed by atoms with Gasteiger partial charge in [-0.3, -0.25) is 0 Å². The fraction of sp³-hybridized carbons (Fsp3) is 0.143. The van der Waals surface area contributed by atoms with Crippen molar-refractivity contribution in [1.29, 1.82) is 0 Å². The van der Waals surface area contributed by atoms with Crippen LogP contribution in [0.2, 0.25) is 0 Å². The number of hydrogen-bond donors (Lipinski definition) is 0. The number of rotatable bonds is 4. The van der Waals surface area contributed by atoms with Crippen LogP contribution in [-0.4, -0.2) is 14.2 Å². The van der Waals surface area contributed by atoms with E-state index in [1.54, 1.807) is 14.2 Å². The average Bonchev–Trinajstić information content (AvgIpc) is 2.47. The first-order chi connectivity index (χ1) is 8.74. The molecule has 2 aromatic carbocycles. The first-order valence-corrected chi connectivity index (χ1v) is 6.76. The number of hydrogen-bond acceptors (Lipinski definition) is 3. The number of methoxy groups -OCH3 is 2. The molecule has 2 rings (SSSR count). The normalized spacial score (nSPS) is 9.89. The van der Waals surface area contributed by atoms with E-state index >= 15 is 0 Å². The van der Waals surface area contributed by atoms with Gasteiger partial charge in [-0.2, -0.15) is 0 Å². The van der Waals surface area contributed by atoms with E-state index in [1.165, 1.54) is 0 Å². The van der Waals surface area contributed by atoms with E-state index in [9.17, 15) is 4.57 Å². The highest BCUT2D eigenvalue weighted by Crippen LogP contribution is 2.22. The molecule has 0 atom stereocenters. The highest BCUT2D eigenvalue weighted by Gasteiger charge is 2.23. The molecule has 0 N–H and O–H groups in total. The standard InChI is InChI=1S/C14H14O3P/c1-16-11-3-7-13(8-4-11)18(15)14-9-5-12(17-2)6-10-14/h3-10H,1-2H3/q+1. The van der Waals surface area contributed by atoms with E-state index in [2.05, 4.69) is 0 Å². The van der Waals surface area contributed by atoms with Gasteiger partial charge in [-0.1, -0.05) is 4.57 Å². The van der Waals surface area contributed by atoms with Crippen LogP contribution in [0.25, 0.3) is 0 Å². The Morgan fingerprint density at radius 3 is 1.33 bits per heavy atom. The fourth-order valence-corrected chi connectivity index (χ4v) is 2.72. The van der Waals surface area contributed by atoms with Crippen molar-refractivity contribution in [3.63, 3.8) is 0 Å². The predicted molar refractivity (Wildman–Crippen MR) is 72.9 cm³/mol. The van der Waals surface area contributed by atoms with Crippen LogP contribution in [0, 0.1) is 0 Å². The summed E-state index contributed by atoms with van der Waals surface area (Å²) < 4.78 is 22.5. The fourth-order valence-electron chi connectivity index (χ4n) is 1.58. The van der Waals surface area contributed by atoms with E-state index in [0.29, 0.717) is 0 Å². The molecule has 18 heavy (non-hydrogen) atoms. The quantitative estimate of drug-likeness (QED) is 0.793. The summed E-state index contributed by atoms with van der Waals surface area (Å²) in [4.78, 5) is 0. The Morgan fingerprint density at radius 2 is 1.06 bits per heavy atom. The molecule has 0 heterocycles. The van der Waals surface area contributed by atoms with Gasteiger partial charge < -0.3 is 9.47 Å². The molecule has 0 aliphatic carbocycles. The Kier molecular flexibility index (Phi) is 3.96. The summed E-state index contributed by atoms with van der Waals surface area (Å²) in [5, 5.41) is 1.58. The van der Waals surface area contributed by atoms with Crippen LogP contribution in [0.5, 0.6) is 11.5 Å². The maximum atomic E-state index is 12.3. The third-order valence-electron chi connectivity index (χ3n) is 2.61. The van der Waals surface area contributed by atoms with Gasteiger partial charge in [-0.05, 0) is 48.5 Å². The zero-order valence-electron chi connectivity index (χ0n) is 10.3. The Morgan fingerprint density at radius 1 is 0.722 bits per heavy atom. The molecular formula is C14H14O3P+. The van der Waals surface area contributed by atoms with Crippen molar-refractivity contribution < 1.29 is 14.0 Å². The van der Waals surface area contributed by atoms with Crippen LogP contribution in [-0.2, 0) is 4.57 Å². The molecule has 0 saturated heterocycles. The minimum atomic E-state index is -1.57. The lowest BCUT2D eigenvalue weighted by molar-refractivity contribution is 0.415. The van der Waals surface area contributed by atoms with Crippen molar-refractivity contribution in [3.8, 4) is 11.5 Å².